The summed E-state index contributed by atoms with van der Waals surface area (Å²) in [5.41, 5.74) is 7.73. The van der Waals surface area contributed by atoms with Gasteiger partial charge in [-0.05, 0) is 72.3 Å². The van der Waals surface area contributed by atoms with Crippen molar-refractivity contribution in [2.24, 2.45) is 5.14 Å². The lowest BCUT2D eigenvalue weighted by Gasteiger charge is -2.09. The largest absolute Gasteiger partial charge is 0.495 e. The maximum Gasteiger partial charge on any atom is 0.337 e. The van der Waals surface area contributed by atoms with Gasteiger partial charge >= 0.3 is 5.97 Å². The highest BCUT2D eigenvalue weighted by atomic mass is 79.9. The van der Waals surface area contributed by atoms with Crippen LogP contribution in [0.15, 0.2) is 93.0 Å². The molecule has 0 aliphatic carbocycles. The number of aromatic carboxylic acids is 1. The summed E-state index contributed by atoms with van der Waals surface area (Å²) in [6.07, 6.45) is 3.34. The number of aromatic nitrogens is 4. The molecule has 0 spiro atoms. The Morgan fingerprint density at radius 3 is 1.88 bits per heavy atom. The zero-order valence-electron chi connectivity index (χ0n) is 26.4. The number of nitrogens with two attached hydrogens (primary N) is 2. The number of primary sulfonamides is 1. The van der Waals surface area contributed by atoms with Crippen molar-refractivity contribution in [1.82, 2.24) is 19.9 Å². The molecule has 0 atom stereocenters. The minimum Gasteiger partial charge on any atom is -0.495 e. The molecule has 0 aliphatic rings. The fourth-order valence-corrected chi connectivity index (χ4v) is 5.83. The van der Waals surface area contributed by atoms with E-state index in [1.54, 1.807) is 50.9 Å². The van der Waals surface area contributed by atoms with E-state index in [9.17, 15) is 13.2 Å². The van der Waals surface area contributed by atoms with Crippen molar-refractivity contribution in [2.75, 3.05) is 32.4 Å². The third kappa shape index (κ3) is 9.66. The van der Waals surface area contributed by atoms with E-state index in [0.717, 1.165) is 25.2 Å². The van der Waals surface area contributed by atoms with Gasteiger partial charge in [-0.15, -0.1) is 0 Å². The average Bonchev–Trinajstić information content (AvgIpc) is 3.08. The van der Waals surface area contributed by atoms with Crippen LogP contribution in [-0.2, 0) is 10.0 Å². The van der Waals surface area contributed by atoms with Gasteiger partial charge in [-0.2, -0.15) is 0 Å². The summed E-state index contributed by atoms with van der Waals surface area (Å²) < 4.78 is 39.7. The molecule has 6 N–H and O–H groups in total. The normalized spacial score (nSPS) is 10.7. The van der Waals surface area contributed by atoms with Gasteiger partial charge < -0.3 is 30.4 Å². The van der Waals surface area contributed by atoms with Gasteiger partial charge in [0.05, 0.1) is 37.5 Å². The molecular weight excluding hydrogens is 822 g/mol. The van der Waals surface area contributed by atoms with Crippen molar-refractivity contribution in [3.8, 4) is 17.2 Å². The number of fused-ring (bicyclic) bond motifs is 2. The quantitative estimate of drug-likeness (QED) is 0.0960. The lowest BCUT2D eigenvalue weighted by Crippen LogP contribution is -2.11. The van der Waals surface area contributed by atoms with Crippen LogP contribution in [-0.4, -0.2) is 60.8 Å². The molecule has 2 heterocycles. The molecule has 0 radical (unpaired) electrons. The molecule has 0 saturated heterocycles. The van der Waals surface area contributed by atoms with E-state index in [1.165, 1.54) is 25.3 Å². The predicted molar refractivity (Wildman–Crippen MR) is 198 cm³/mol. The van der Waals surface area contributed by atoms with Crippen LogP contribution in [0, 0.1) is 0 Å². The van der Waals surface area contributed by atoms with Crippen LogP contribution < -0.4 is 30.4 Å². The summed E-state index contributed by atoms with van der Waals surface area (Å²) in [4.78, 5) is 27.3. The topological polar surface area (TPSA) is 215 Å². The van der Waals surface area contributed by atoms with Gasteiger partial charge in [0.15, 0.2) is 0 Å². The molecule has 4 aromatic carbocycles. The van der Waals surface area contributed by atoms with Gasteiger partial charge in [-0.25, -0.2) is 38.3 Å². The molecule has 18 heteroatoms. The number of rotatable bonds is 7. The van der Waals surface area contributed by atoms with Crippen molar-refractivity contribution >= 4 is 98.6 Å². The summed E-state index contributed by atoms with van der Waals surface area (Å²) in [7, 11) is 0.894. The fraction of sp³-hybridized carbons (Fsp3) is 0.0938. The van der Waals surface area contributed by atoms with Crippen molar-refractivity contribution < 1.29 is 32.5 Å². The van der Waals surface area contributed by atoms with E-state index in [-0.39, 0.29) is 21.4 Å². The first kappa shape index (κ1) is 38.0. The Morgan fingerprint density at radius 1 is 0.820 bits per heavy atom. The van der Waals surface area contributed by atoms with Gasteiger partial charge in [-0.1, -0.05) is 37.9 Å². The molecule has 2 aromatic heterocycles. The molecule has 0 saturated carbocycles. The zero-order valence-corrected chi connectivity index (χ0v) is 31.1. The Bertz CT molecular complexity index is 2280. The first-order valence-corrected chi connectivity index (χ1v) is 17.5. The number of para-hydroxylation sites is 1. The van der Waals surface area contributed by atoms with E-state index in [2.05, 4.69) is 57.1 Å². The molecule has 50 heavy (non-hydrogen) atoms. The number of ether oxygens (including phenoxy) is 3. The number of anilines is 3. The smallest absolute Gasteiger partial charge is 0.337 e. The number of nitrogen functional groups attached to an aromatic ring is 1. The number of carboxylic acids is 1. The molecule has 0 aliphatic heterocycles. The first-order chi connectivity index (χ1) is 23.7. The number of carboxylic acid groups (broad SMARTS) is 1. The van der Waals surface area contributed by atoms with E-state index >= 15 is 0 Å². The summed E-state index contributed by atoms with van der Waals surface area (Å²) in [6.45, 7) is 0. The van der Waals surface area contributed by atoms with Crippen LogP contribution in [0.3, 0.4) is 0 Å². The Kier molecular flexibility index (Phi) is 12.7. The minimum absolute atomic E-state index is 0.0407. The van der Waals surface area contributed by atoms with Crippen molar-refractivity contribution in [3.63, 3.8) is 0 Å². The number of nitrogens with one attached hydrogen (secondary N) is 1. The van der Waals surface area contributed by atoms with Gasteiger partial charge in [0, 0.05) is 37.8 Å². The summed E-state index contributed by atoms with van der Waals surface area (Å²) >= 11 is 12.5. The number of sulfonamides is 1. The number of methoxy groups -OCH3 is 3. The van der Waals surface area contributed by atoms with E-state index in [0.29, 0.717) is 34.4 Å². The van der Waals surface area contributed by atoms with Crippen LogP contribution in [0.5, 0.6) is 17.2 Å². The second-order valence-corrected chi connectivity index (χ2v) is 13.6. The average molecular weight is 850 g/mol. The van der Waals surface area contributed by atoms with Crippen LogP contribution in [0.25, 0.3) is 21.8 Å². The monoisotopic (exact) mass is 847 g/mol. The van der Waals surface area contributed by atoms with Gasteiger partial charge in [0.25, 0.3) is 0 Å². The third-order valence-electron chi connectivity index (χ3n) is 6.59. The molecule has 0 fully saturated rings. The molecule has 6 rings (SSSR count). The Hall–Kier alpha value is -4.81. The highest BCUT2D eigenvalue weighted by Crippen LogP contribution is 2.30. The molecule has 14 nitrogen and oxygen atoms in total. The van der Waals surface area contributed by atoms with Gasteiger partial charge in [-0.3, -0.25) is 0 Å². The Labute approximate surface area is 308 Å². The van der Waals surface area contributed by atoms with Crippen molar-refractivity contribution in [1.29, 1.82) is 0 Å². The zero-order chi connectivity index (χ0) is 36.6. The highest BCUT2D eigenvalue weighted by molar-refractivity contribution is 9.10. The predicted octanol–water partition coefficient (Wildman–Crippen LogP) is 6.82. The number of benzene rings is 4. The number of hydrogen-bond donors (Lipinski definition) is 4. The lowest BCUT2D eigenvalue weighted by atomic mass is 10.2. The molecule has 0 bridgehead atoms. The second kappa shape index (κ2) is 16.7. The number of carbonyl (C=O) groups is 1. The maximum absolute atomic E-state index is 11.3. The number of halogens is 3. The summed E-state index contributed by atoms with van der Waals surface area (Å²) in [5, 5.41) is 18.7. The van der Waals surface area contributed by atoms with E-state index < -0.39 is 16.0 Å². The van der Waals surface area contributed by atoms with Gasteiger partial charge in [0.2, 0.25) is 21.3 Å². The molecule has 260 valence electrons. The molecular formula is C32H28Br2ClN7O7S. The molecule has 0 amide bonds. The first-order valence-electron chi connectivity index (χ1n) is 14.0. The summed E-state index contributed by atoms with van der Waals surface area (Å²) in [6, 6.07) is 18.1. The lowest BCUT2D eigenvalue weighted by molar-refractivity contribution is 0.0697. The van der Waals surface area contributed by atoms with E-state index in [1.807, 2.05) is 24.3 Å². The van der Waals surface area contributed by atoms with Crippen molar-refractivity contribution in [3.05, 3.63) is 98.9 Å². The van der Waals surface area contributed by atoms with Crippen LogP contribution >= 0.6 is 43.5 Å². The number of nitrogens with zero attached hydrogens (tertiary/aromatic N) is 4. The Balaban J connectivity index is 0.000000184. The number of hydrogen-bond acceptors (Lipinski definition) is 12. The van der Waals surface area contributed by atoms with Gasteiger partial charge in [0.1, 0.15) is 28.3 Å². The van der Waals surface area contributed by atoms with Crippen LogP contribution in [0.1, 0.15) is 10.4 Å². The van der Waals surface area contributed by atoms with Crippen LogP contribution in [0.4, 0.5) is 17.3 Å². The molecule has 0 unspecified atom stereocenters. The fourth-order valence-electron chi connectivity index (χ4n) is 4.27. The standard InChI is InChI=1S/C15H13BrN4O3S.C9H6BrClN2O.C8H9NO3/c1-23-13-7-10(16)6-9-8-18-15(20-14(9)13)19-11-2-4-12(5-3-11)24(17,21)22;1-14-7-3-6(10)2-5-4-12-9(11)13-8(5)7;1-12-6-4-2-3-5(7(6)9)8(10)11/h2-8H,1H3,(H2,17,21,22)(H,18,19,20);2-4H,1H3;2-4H,9H2,1H3,(H,10,11). The maximum atomic E-state index is 11.3. The van der Waals surface area contributed by atoms with Crippen molar-refractivity contribution in [2.45, 2.75) is 4.90 Å². The summed E-state index contributed by atoms with van der Waals surface area (Å²) in [5.74, 6) is 1.00. The van der Waals surface area contributed by atoms with E-state index in [4.69, 9.17) is 41.8 Å². The minimum atomic E-state index is -3.71. The highest BCUT2D eigenvalue weighted by Gasteiger charge is 2.12. The second-order valence-electron chi connectivity index (χ2n) is 9.85. The molecule has 6 aromatic rings. The SMILES string of the molecule is COc1cc(Br)cc2cnc(Cl)nc12.COc1cc(Br)cc2cnc(Nc3ccc(S(N)(=O)=O)cc3)nc12.COc1cccc(C(=O)O)c1N. The van der Waals surface area contributed by atoms with Crippen LogP contribution in [0.2, 0.25) is 5.28 Å². The third-order valence-corrected chi connectivity index (χ3v) is 8.62. The Morgan fingerprint density at radius 2 is 1.36 bits per heavy atom.